The number of nitrogens with zero attached hydrogens (tertiary/aromatic N) is 3. The monoisotopic (exact) mass is 242 g/mol. The zero-order chi connectivity index (χ0) is 12.4. The van der Waals surface area contributed by atoms with Gasteiger partial charge in [-0.25, -0.2) is 0 Å². The number of benzene rings is 1. The van der Waals surface area contributed by atoms with Gasteiger partial charge in [-0.3, -0.25) is 0 Å². The van der Waals surface area contributed by atoms with Gasteiger partial charge in [0.2, 0.25) is 0 Å². The SMILES string of the molecule is NCCC1CCN(c2nncc3ccccc23)C1. The fraction of sp³-hybridized carbons (Fsp3) is 0.429. The van der Waals surface area contributed by atoms with Gasteiger partial charge in [0.15, 0.2) is 5.82 Å². The minimum atomic E-state index is 0.704. The molecule has 0 amide bonds. The largest absolute Gasteiger partial charge is 0.354 e. The van der Waals surface area contributed by atoms with Crippen LogP contribution in [-0.2, 0) is 0 Å². The minimum Gasteiger partial charge on any atom is -0.354 e. The van der Waals surface area contributed by atoms with Crippen LogP contribution in [0.3, 0.4) is 0 Å². The molecular formula is C14H18N4. The van der Waals surface area contributed by atoms with E-state index in [0.717, 1.165) is 37.3 Å². The average Bonchev–Trinajstić information content (AvgIpc) is 2.87. The Kier molecular flexibility index (Phi) is 3.11. The lowest BCUT2D eigenvalue weighted by molar-refractivity contribution is 0.546. The lowest BCUT2D eigenvalue weighted by atomic mass is 10.1. The van der Waals surface area contributed by atoms with Crippen LogP contribution in [0.2, 0.25) is 0 Å². The summed E-state index contributed by atoms with van der Waals surface area (Å²) in [4.78, 5) is 2.34. The third-order valence-corrected chi connectivity index (χ3v) is 3.71. The average molecular weight is 242 g/mol. The van der Waals surface area contributed by atoms with Gasteiger partial charge in [-0.2, -0.15) is 5.10 Å². The van der Waals surface area contributed by atoms with Crippen LogP contribution in [0.5, 0.6) is 0 Å². The van der Waals surface area contributed by atoms with Crippen molar-refractivity contribution < 1.29 is 0 Å². The molecule has 1 saturated heterocycles. The van der Waals surface area contributed by atoms with E-state index in [1.165, 1.54) is 11.8 Å². The second-order valence-electron chi connectivity index (χ2n) is 4.93. The Morgan fingerprint density at radius 2 is 2.22 bits per heavy atom. The van der Waals surface area contributed by atoms with Crippen molar-refractivity contribution in [3.63, 3.8) is 0 Å². The van der Waals surface area contributed by atoms with E-state index in [9.17, 15) is 0 Å². The van der Waals surface area contributed by atoms with Crippen LogP contribution in [0, 0.1) is 5.92 Å². The molecule has 2 N–H and O–H groups in total. The summed E-state index contributed by atoms with van der Waals surface area (Å²) in [6, 6.07) is 8.30. The highest BCUT2D eigenvalue weighted by Crippen LogP contribution is 2.28. The van der Waals surface area contributed by atoms with Gasteiger partial charge in [0.25, 0.3) is 0 Å². The second-order valence-corrected chi connectivity index (χ2v) is 4.93. The van der Waals surface area contributed by atoms with Crippen LogP contribution >= 0.6 is 0 Å². The third kappa shape index (κ3) is 2.04. The van der Waals surface area contributed by atoms with Crippen molar-refractivity contribution in [2.75, 3.05) is 24.5 Å². The summed E-state index contributed by atoms with van der Waals surface area (Å²) in [5.74, 6) is 1.73. The van der Waals surface area contributed by atoms with Crippen molar-refractivity contribution in [1.29, 1.82) is 0 Å². The molecule has 4 heteroatoms. The summed E-state index contributed by atoms with van der Waals surface area (Å²) in [5, 5.41) is 10.8. The standard InChI is InChI=1S/C14H18N4/c15-7-5-11-6-8-18(10-11)14-13-4-2-1-3-12(13)9-16-17-14/h1-4,9,11H,5-8,10,15H2. The van der Waals surface area contributed by atoms with Crippen LogP contribution in [0.15, 0.2) is 30.5 Å². The molecule has 94 valence electrons. The Hall–Kier alpha value is -1.68. The lowest BCUT2D eigenvalue weighted by Crippen LogP contribution is -2.22. The van der Waals surface area contributed by atoms with Crippen LogP contribution < -0.4 is 10.6 Å². The van der Waals surface area contributed by atoms with Crippen LogP contribution in [0.4, 0.5) is 5.82 Å². The van der Waals surface area contributed by atoms with E-state index < -0.39 is 0 Å². The molecular weight excluding hydrogens is 224 g/mol. The van der Waals surface area contributed by atoms with Gasteiger partial charge >= 0.3 is 0 Å². The molecule has 1 unspecified atom stereocenters. The number of nitrogens with two attached hydrogens (primary N) is 1. The van der Waals surface area contributed by atoms with Crippen LogP contribution in [0.1, 0.15) is 12.8 Å². The molecule has 0 spiro atoms. The van der Waals surface area contributed by atoms with E-state index in [0.29, 0.717) is 5.92 Å². The zero-order valence-electron chi connectivity index (χ0n) is 10.4. The van der Waals surface area contributed by atoms with Crippen molar-refractivity contribution in [2.45, 2.75) is 12.8 Å². The molecule has 2 heterocycles. The van der Waals surface area contributed by atoms with Gasteiger partial charge < -0.3 is 10.6 Å². The van der Waals surface area contributed by atoms with Crippen molar-refractivity contribution in [3.8, 4) is 0 Å². The van der Waals surface area contributed by atoms with E-state index in [-0.39, 0.29) is 0 Å². The summed E-state index contributed by atoms with van der Waals surface area (Å²) in [6.45, 7) is 2.90. The minimum absolute atomic E-state index is 0.704. The Balaban J connectivity index is 1.91. The van der Waals surface area contributed by atoms with Gasteiger partial charge in [-0.15, -0.1) is 5.10 Å². The highest BCUT2D eigenvalue weighted by Gasteiger charge is 2.24. The topological polar surface area (TPSA) is 55.0 Å². The summed E-state index contributed by atoms with van der Waals surface area (Å²) in [5.41, 5.74) is 5.64. The Morgan fingerprint density at radius 3 is 3.11 bits per heavy atom. The molecule has 1 fully saturated rings. The summed E-state index contributed by atoms with van der Waals surface area (Å²) < 4.78 is 0. The molecule has 18 heavy (non-hydrogen) atoms. The first-order valence-electron chi connectivity index (χ1n) is 6.54. The zero-order valence-corrected chi connectivity index (χ0v) is 10.4. The van der Waals surface area contributed by atoms with E-state index >= 15 is 0 Å². The molecule has 1 atom stereocenters. The number of rotatable bonds is 3. The first-order valence-corrected chi connectivity index (χ1v) is 6.54. The maximum absolute atomic E-state index is 5.64. The maximum Gasteiger partial charge on any atom is 0.159 e. The Labute approximate surface area is 107 Å². The smallest absolute Gasteiger partial charge is 0.159 e. The highest BCUT2D eigenvalue weighted by molar-refractivity contribution is 5.91. The molecule has 1 aromatic carbocycles. The molecule has 4 nitrogen and oxygen atoms in total. The van der Waals surface area contributed by atoms with E-state index in [4.69, 9.17) is 5.73 Å². The molecule has 0 saturated carbocycles. The van der Waals surface area contributed by atoms with E-state index in [1.54, 1.807) is 0 Å². The quantitative estimate of drug-likeness (QED) is 0.891. The fourth-order valence-electron chi connectivity index (χ4n) is 2.74. The number of aromatic nitrogens is 2. The Morgan fingerprint density at radius 1 is 1.33 bits per heavy atom. The molecule has 0 radical (unpaired) electrons. The molecule has 0 aliphatic carbocycles. The van der Waals surface area contributed by atoms with Crippen LogP contribution in [-0.4, -0.2) is 29.8 Å². The number of fused-ring (bicyclic) bond motifs is 1. The molecule has 1 aliphatic heterocycles. The predicted molar refractivity (Wildman–Crippen MR) is 73.5 cm³/mol. The van der Waals surface area contributed by atoms with Gasteiger partial charge in [-0.05, 0) is 25.3 Å². The third-order valence-electron chi connectivity index (χ3n) is 3.71. The molecule has 2 aromatic rings. The molecule has 0 bridgehead atoms. The number of hydrogen-bond donors (Lipinski definition) is 1. The van der Waals surface area contributed by atoms with E-state index in [2.05, 4.69) is 33.3 Å². The lowest BCUT2D eigenvalue weighted by Gasteiger charge is -2.18. The van der Waals surface area contributed by atoms with Gasteiger partial charge in [0, 0.05) is 23.9 Å². The van der Waals surface area contributed by atoms with Crippen molar-refractivity contribution in [3.05, 3.63) is 30.5 Å². The van der Waals surface area contributed by atoms with E-state index in [1.807, 2.05) is 12.3 Å². The van der Waals surface area contributed by atoms with Gasteiger partial charge in [0.05, 0.1) is 6.20 Å². The summed E-state index contributed by atoms with van der Waals surface area (Å²) in [7, 11) is 0. The first kappa shape index (κ1) is 11.4. The van der Waals surface area contributed by atoms with Crippen molar-refractivity contribution in [2.24, 2.45) is 11.7 Å². The Bertz CT molecular complexity index is 535. The van der Waals surface area contributed by atoms with Crippen LogP contribution in [0.25, 0.3) is 10.8 Å². The molecule has 1 aromatic heterocycles. The first-order chi connectivity index (χ1) is 8.88. The predicted octanol–water partition coefficient (Wildman–Crippen LogP) is 1.80. The maximum atomic E-state index is 5.64. The number of hydrogen-bond acceptors (Lipinski definition) is 4. The summed E-state index contributed by atoms with van der Waals surface area (Å²) >= 11 is 0. The normalized spacial score (nSPS) is 19.6. The number of anilines is 1. The molecule has 3 rings (SSSR count). The van der Waals surface area contributed by atoms with Crippen molar-refractivity contribution in [1.82, 2.24) is 10.2 Å². The van der Waals surface area contributed by atoms with Gasteiger partial charge in [-0.1, -0.05) is 24.3 Å². The second kappa shape index (κ2) is 4.90. The summed E-state index contributed by atoms with van der Waals surface area (Å²) in [6.07, 6.45) is 4.14. The highest BCUT2D eigenvalue weighted by atomic mass is 15.3. The van der Waals surface area contributed by atoms with Gasteiger partial charge in [0.1, 0.15) is 0 Å². The molecule has 1 aliphatic rings. The van der Waals surface area contributed by atoms with Crippen molar-refractivity contribution >= 4 is 16.6 Å². The fourth-order valence-corrected chi connectivity index (χ4v) is 2.74.